The lowest BCUT2D eigenvalue weighted by Gasteiger charge is -2.15. The molecule has 0 aromatic carbocycles. The van der Waals surface area contributed by atoms with Crippen LogP contribution in [0.3, 0.4) is 0 Å². The number of halogens is 1. The monoisotopic (exact) mass is 268 g/mol. The lowest BCUT2D eigenvalue weighted by atomic mass is 10.2. The number of rotatable bonds is 2. The molecule has 1 amide bonds. The number of carbonyl (C=O) groups excluding carboxylic acids is 1. The molecule has 4 heteroatoms. The first-order chi connectivity index (χ1) is 7.31. The Labute approximate surface area is 97.6 Å². The van der Waals surface area contributed by atoms with Gasteiger partial charge in [0.25, 0.3) is 5.91 Å². The fourth-order valence-corrected chi connectivity index (χ4v) is 2.35. The Morgan fingerprint density at radius 3 is 2.87 bits per heavy atom. The van der Waals surface area contributed by atoms with Crippen molar-refractivity contribution in [3.05, 3.63) is 30.1 Å². The summed E-state index contributed by atoms with van der Waals surface area (Å²) < 4.78 is 0. The van der Waals surface area contributed by atoms with Gasteiger partial charge in [0.05, 0.1) is 0 Å². The summed E-state index contributed by atoms with van der Waals surface area (Å²) >= 11 is 3.46. The van der Waals surface area contributed by atoms with Crippen molar-refractivity contribution >= 4 is 21.8 Å². The number of amides is 1. The maximum absolute atomic E-state index is 12.0. The number of hydrogen-bond donors (Lipinski definition) is 0. The molecule has 1 aromatic rings. The highest BCUT2D eigenvalue weighted by molar-refractivity contribution is 9.09. The van der Waals surface area contributed by atoms with E-state index in [1.54, 1.807) is 24.5 Å². The molecule has 1 fully saturated rings. The maximum Gasteiger partial charge on any atom is 0.253 e. The van der Waals surface area contributed by atoms with Crippen LogP contribution in [-0.4, -0.2) is 34.2 Å². The van der Waals surface area contributed by atoms with E-state index in [1.165, 1.54) is 0 Å². The minimum absolute atomic E-state index is 0.126. The summed E-state index contributed by atoms with van der Waals surface area (Å²) in [5, 5.41) is 0.979. The minimum Gasteiger partial charge on any atom is -0.338 e. The SMILES string of the molecule is O=C(c1ccncc1)N1CCC(CBr)C1. The summed E-state index contributed by atoms with van der Waals surface area (Å²) in [6.45, 7) is 1.74. The molecule has 80 valence electrons. The summed E-state index contributed by atoms with van der Waals surface area (Å²) in [6.07, 6.45) is 4.42. The van der Waals surface area contributed by atoms with E-state index in [1.807, 2.05) is 4.90 Å². The first kappa shape index (κ1) is 10.6. The maximum atomic E-state index is 12.0. The van der Waals surface area contributed by atoms with Crippen molar-refractivity contribution in [1.82, 2.24) is 9.88 Å². The Hall–Kier alpha value is -0.900. The number of alkyl halides is 1. The molecule has 15 heavy (non-hydrogen) atoms. The van der Waals surface area contributed by atoms with Gasteiger partial charge in [0.15, 0.2) is 0 Å². The molecule has 2 heterocycles. The first-order valence-electron chi connectivity index (χ1n) is 5.06. The average Bonchev–Trinajstić information content (AvgIpc) is 2.78. The van der Waals surface area contributed by atoms with Gasteiger partial charge in [-0.15, -0.1) is 0 Å². The zero-order chi connectivity index (χ0) is 10.7. The molecular weight excluding hydrogens is 256 g/mol. The zero-order valence-corrected chi connectivity index (χ0v) is 9.98. The van der Waals surface area contributed by atoms with Crippen LogP contribution in [0.2, 0.25) is 0 Å². The van der Waals surface area contributed by atoms with Gasteiger partial charge >= 0.3 is 0 Å². The normalized spacial score (nSPS) is 20.6. The number of pyridine rings is 1. The Kier molecular flexibility index (Phi) is 3.36. The molecule has 0 N–H and O–H groups in total. The van der Waals surface area contributed by atoms with Crippen molar-refractivity contribution in [2.45, 2.75) is 6.42 Å². The number of nitrogens with zero attached hydrogens (tertiary/aromatic N) is 2. The number of likely N-dealkylation sites (tertiary alicyclic amines) is 1. The predicted octanol–water partition coefficient (Wildman–Crippen LogP) is 1.94. The second-order valence-electron chi connectivity index (χ2n) is 3.80. The van der Waals surface area contributed by atoms with Crippen LogP contribution in [0.15, 0.2) is 24.5 Å². The second-order valence-corrected chi connectivity index (χ2v) is 4.44. The fraction of sp³-hybridized carbons (Fsp3) is 0.455. The molecule has 1 aliphatic heterocycles. The van der Waals surface area contributed by atoms with Gasteiger partial charge in [-0.3, -0.25) is 9.78 Å². The summed E-state index contributed by atoms with van der Waals surface area (Å²) in [6, 6.07) is 3.54. The van der Waals surface area contributed by atoms with Crippen LogP contribution in [0.1, 0.15) is 16.8 Å². The van der Waals surface area contributed by atoms with Crippen LogP contribution in [-0.2, 0) is 0 Å². The molecule has 3 nitrogen and oxygen atoms in total. The average molecular weight is 269 g/mol. The van der Waals surface area contributed by atoms with Gasteiger partial charge in [-0.2, -0.15) is 0 Å². The predicted molar refractivity (Wildman–Crippen MR) is 62.0 cm³/mol. The third-order valence-electron chi connectivity index (χ3n) is 2.72. The van der Waals surface area contributed by atoms with E-state index in [4.69, 9.17) is 0 Å². The third-order valence-corrected chi connectivity index (χ3v) is 3.63. The second kappa shape index (κ2) is 4.75. The zero-order valence-electron chi connectivity index (χ0n) is 8.40. The highest BCUT2D eigenvalue weighted by Gasteiger charge is 2.25. The summed E-state index contributed by atoms with van der Waals surface area (Å²) in [5.74, 6) is 0.733. The summed E-state index contributed by atoms with van der Waals surface area (Å²) in [5.41, 5.74) is 0.736. The highest BCUT2D eigenvalue weighted by atomic mass is 79.9. The highest BCUT2D eigenvalue weighted by Crippen LogP contribution is 2.19. The minimum atomic E-state index is 0.126. The van der Waals surface area contributed by atoms with E-state index in [2.05, 4.69) is 20.9 Å². The van der Waals surface area contributed by atoms with Crippen LogP contribution < -0.4 is 0 Å². The van der Waals surface area contributed by atoms with Crippen molar-refractivity contribution in [3.63, 3.8) is 0 Å². The number of hydrogen-bond acceptors (Lipinski definition) is 2. The van der Waals surface area contributed by atoms with Crippen molar-refractivity contribution < 1.29 is 4.79 Å². The lowest BCUT2D eigenvalue weighted by molar-refractivity contribution is 0.0788. The van der Waals surface area contributed by atoms with Gasteiger partial charge in [0.2, 0.25) is 0 Å². The van der Waals surface area contributed by atoms with Gasteiger partial charge in [-0.05, 0) is 24.5 Å². The molecule has 1 aromatic heterocycles. The van der Waals surface area contributed by atoms with Gasteiger partial charge in [0, 0.05) is 36.4 Å². The van der Waals surface area contributed by atoms with E-state index in [0.717, 1.165) is 30.4 Å². The van der Waals surface area contributed by atoms with Crippen molar-refractivity contribution in [2.75, 3.05) is 18.4 Å². The van der Waals surface area contributed by atoms with Crippen molar-refractivity contribution in [2.24, 2.45) is 5.92 Å². The number of aromatic nitrogens is 1. The molecule has 0 spiro atoms. The molecule has 1 saturated heterocycles. The Morgan fingerprint density at radius 2 is 2.27 bits per heavy atom. The quantitative estimate of drug-likeness (QED) is 0.769. The lowest BCUT2D eigenvalue weighted by Crippen LogP contribution is -2.28. The largest absolute Gasteiger partial charge is 0.338 e. The van der Waals surface area contributed by atoms with Gasteiger partial charge in [-0.1, -0.05) is 15.9 Å². The number of carbonyl (C=O) groups is 1. The summed E-state index contributed by atoms with van der Waals surface area (Å²) in [4.78, 5) is 17.8. The molecule has 1 aliphatic rings. The van der Waals surface area contributed by atoms with Gasteiger partial charge in [-0.25, -0.2) is 0 Å². The van der Waals surface area contributed by atoms with Crippen LogP contribution >= 0.6 is 15.9 Å². The fourth-order valence-electron chi connectivity index (χ4n) is 1.82. The Balaban J connectivity index is 2.04. The first-order valence-corrected chi connectivity index (χ1v) is 6.18. The van der Waals surface area contributed by atoms with Crippen LogP contribution in [0.4, 0.5) is 0 Å². The summed E-state index contributed by atoms with van der Waals surface area (Å²) in [7, 11) is 0. The molecule has 0 radical (unpaired) electrons. The molecule has 0 saturated carbocycles. The van der Waals surface area contributed by atoms with E-state index < -0.39 is 0 Å². The van der Waals surface area contributed by atoms with Crippen LogP contribution in [0.5, 0.6) is 0 Å². The third kappa shape index (κ3) is 2.37. The van der Waals surface area contributed by atoms with Crippen LogP contribution in [0, 0.1) is 5.92 Å². The van der Waals surface area contributed by atoms with E-state index in [0.29, 0.717) is 5.92 Å². The van der Waals surface area contributed by atoms with E-state index in [-0.39, 0.29) is 5.91 Å². The standard InChI is InChI=1S/C11H13BrN2O/c12-7-9-3-6-14(8-9)11(15)10-1-4-13-5-2-10/h1-2,4-5,9H,3,6-8H2. The smallest absolute Gasteiger partial charge is 0.253 e. The molecule has 2 rings (SSSR count). The van der Waals surface area contributed by atoms with Gasteiger partial charge in [0.1, 0.15) is 0 Å². The molecule has 0 bridgehead atoms. The van der Waals surface area contributed by atoms with Crippen molar-refractivity contribution in [3.8, 4) is 0 Å². The molecule has 0 aliphatic carbocycles. The topological polar surface area (TPSA) is 33.2 Å². The van der Waals surface area contributed by atoms with E-state index in [9.17, 15) is 4.79 Å². The van der Waals surface area contributed by atoms with Crippen molar-refractivity contribution in [1.29, 1.82) is 0 Å². The Morgan fingerprint density at radius 1 is 1.53 bits per heavy atom. The molecule has 1 unspecified atom stereocenters. The molecule has 1 atom stereocenters. The molecular formula is C11H13BrN2O. The van der Waals surface area contributed by atoms with Crippen LogP contribution in [0.25, 0.3) is 0 Å². The van der Waals surface area contributed by atoms with Gasteiger partial charge < -0.3 is 4.90 Å². The Bertz CT molecular complexity index is 342. The van der Waals surface area contributed by atoms with E-state index >= 15 is 0 Å².